The van der Waals surface area contributed by atoms with Gasteiger partial charge in [0.15, 0.2) is 5.76 Å². The van der Waals surface area contributed by atoms with E-state index in [1.54, 1.807) is 18.2 Å². The van der Waals surface area contributed by atoms with E-state index in [1.165, 1.54) is 0 Å². The molecule has 1 aliphatic heterocycles. The maximum absolute atomic E-state index is 13.0. The zero-order chi connectivity index (χ0) is 18.1. The summed E-state index contributed by atoms with van der Waals surface area (Å²) >= 11 is 0. The van der Waals surface area contributed by atoms with Crippen molar-refractivity contribution in [2.24, 2.45) is 0 Å². The van der Waals surface area contributed by atoms with E-state index in [-0.39, 0.29) is 17.0 Å². The van der Waals surface area contributed by atoms with Crippen LogP contribution in [0.5, 0.6) is 0 Å². The molecule has 2 unspecified atom stereocenters. The first-order valence-corrected chi connectivity index (χ1v) is 9.92. The summed E-state index contributed by atoms with van der Waals surface area (Å²) in [6.07, 6.45) is 1.08. The van der Waals surface area contributed by atoms with Crippen LogP contribution in [0.15, 0.2) is 9.42 Å². The molecule has 1 saturated heterocycles. The second-order valence-corrected chi connectivity index (χ2v) is 8.94. The minimum atomic E-state index is -3.56. The molecule has 0 N–H and O–H groups in total. The quantitative estimate of drug-likeness (QED) is 0.764. The van der Waals surface area contributed by atoms with Crippen LogP contribution in [-0.4, -0.2) is 80.0 Å². The molecule has 2 atom stereocenters. The predicted molar refractivity (Wildman–Crippen MR) is 93.5 cm³/mol. The van der Waals surface area contributed by atoms with Gasteiger partial charge in [-0.2, -0.15) is 4.31 Å². The van der Waals surface area contributed by atoms with Gasteiger partial charge in [-0.05, 0) is 54.8 Å². The number of piperazine rings is 1. The Bertz CT molecular complexity index is 625. The van der Waals surface area contributed by atoms with Gasteiger partial charge in [-0.15, -0.1) is 0 Å². The van der Waals surface area contributed by atoms with E-state index in [2.05, 4.69) is 42.9 Å². The van der Waals surface area contributed by atoms with Gasteiger partial charge < -0.3 is 9.42 Å². The highest BCUT2D eigenvalue weighted by atomic mass is 32.2. The molecule has 1 aliphatic rings. The van der Waals surface area contributed by atoms with Crippen LogP contribution in [-0.2, 0) is 10.0 Å². The van der Waals surface area contributed by atoms with Gasteiger partial charge in [0, 0.05) is 31.7 Å². The topological polar surface area (TPSA) is 69.9 Å². The Balaban J connectivity index is 2.11. The molecule has 7 nitrogen and oxygen atoms in total. The fourth-order valence-corrected chi connectivity index (χ4v) is 5.38. The minimum absolute atomic E-state index is 0.186. The van der Waals surface area contributed by atoms with Gasteiger partial charge in [0.25, 0.3) is 0 Å². The van der Waals surface area contributed by atoms with E-state index in [0.717, 1.165) is 19.5 Å². The lowest BCUT2D eigenvalue weighted by atomic mass is 10.1. The highest BCUT2D eigenvalue weighted by molar-refractivity contribution is 7.89. The molecule has 0 radical (unpaired) electrons. The van der Waals surface area contributed by atoms with Crippen LogP contribution in [0.4, 0.5) is 0 Å². The summed E-state index contributed by atoms with van der Waals surface area (Å²) in [5, 5.41) is 3.79. The van der Waals surface area contributed by atoms with Crippen LogP contribution in [0.1, 0.15) is 31.7 Å². The van der Waals surface area contributed by atoms with Crippen molar-refractivity contribution < 1.29 is 12.9 Å². The monoisotopic (exact) mass is 358 g/mol. The minimum Gasteiger partial charge on any atom is -0.360 e. The third kappa shape index (κ3) is 3.99. The van der Waals surface area contributed by atoms with E-state index < -0.39 is 10.0 Å². The molecule has 0 spiro atoms. The Kier molecular flexibility index (Phi) is 6.06. The van der Waals surface area contributed by atoms with Crippen molar-refractivity contribution in [1.82, 2.24) is 19.3 Å². The number of hydrogen-bond donors (Lipinski definition) is 0. The average Bonchev–Trinajstić information content (AvgIpc) is 2.81. The van der Waals surface area contributed by atoms with E-state index in [4.69, 9.17) is 4.52 Å². The van der Waals surface area contributed by atoms with Crippen LogP contribution in [0.25, 0.3) is 0 Å². The summed E-state index contributed by atoms with van der Waals surface area (Å²) in [7, 11) is 0.580. The maximum Gasteiger partial charge on any atom is 0.248 e. The zero-order valence-electron chi connectivity index (χ0n) is 15.6. The van der Waals surface area contributed by atoms with E-state index in [9.17, 15) is 8.42 Å². The molecule has 1 fully saturated rings. The van der Waals surface area contributed by atoms with Crippen molar-refractivity contribution in [2.75, 3.05) is 40.3 Å². The molecular weight excluding hydrogens is 328 g/mol. The van der Waals surface area contributed by atoms with Gasteiger partial charge in [-0.1, -0.05) is 5.16 Å². The van der Waals surface area contributed by atoms with Gasteiger partial charge in [-0.25, -0.2) is 8.42 Å². The lowest BCUT2D eigenvalue weighted by Crippen LogP contribution is -2.58. The molecule has 0 bridgehead atoms. The molecule has 8 heteroatoms. The van der Waals surface area contributed by atoms with Gasteiger partial charge in [0.1, 0.15) is 10.6 Å². The van der Waals surface area contributed by atoms with Crippen LogP contribution >= 0.6 is 0 Å². The SMILES string of the molecule is Cc1noc(C)c1S(=O)(=O)N1CC(C)N(CCCN(C)C)C(C)C1. The first-order chi connectivity index (χ1) is 11.1. The fourth-order valence-electron chi connectivity index (χ4n) is 3.49. The molecule has 24 heavy (non-hydrogen) atoms. The summed E-state index contributed by atoms with van der Waals surface area (Å²) in [6.45, 7) is 10.5. The molecule has 1 aromatic rings. The first kappa shape index (κ1) is 19.4. The van der Waals surface area contributed by atoms with Crippen molar-refractivity contribution in [3.8, 4) is 0 Å². The standard InChI is InChI=1S/C16H30N4O3S/c1-12-10-19(11-13(2)20(12)9-7-8-18(5)6)24(21,22)16-14(3)17-23-15(16)4/h12-13H,7-11H2,1-6H3. The van der Waals surface area contributed by atoms with Crippen molar-refractivity contribution >= 4 is 10.0 Å². The second kappa shape index (κ2) is 7.51. The number of aryl methyl sites for hydroxylation is 2. The molecule has 0 saturated carbocycles. The van der Waals surface area contributed by atoms with E-state index in [0.29, 0.717) is 24.5 Å². The van der Waals surface area contributed by atoms with Gasteiger partial charge in [-0.3, -0.25) is 4.90 Å². The summed E-state index contributed by atoms with van der Waals surface area (Å²) < 4.78 is 32.6. The third-order valence-electron chi connectivity index (χ3n) is 4.66. The first-order valence-electron chi connectivity index (χ1n) is 8.48. The van der Waals surface area contributed by atoms with Crippen LogP contribution in [0, 0.1) is 13.8 Å². The predicted octanol–water partition coefficient (Wildman–Crippen LogP) is 1.33. The molecule has 0 aromatic carbocycles. The molecule has 1 aromatic heterocycles. The fraction of sp³-hybridized carbons (Fsp3) is 0.812. The number of aromatic nitrogens is 1. The van der Waals surface area contributed by atoms with Gasteiger partial charge in [0.05, 0.1) is 0 Å². The largest absolute Gasteiger partial charge is 0.360 e. The van der Waals surface area contributed by atoms with Gasteiger partial charge >= 0.3 is 0 Å². The number of nitrogens with zero attached hydrogens (tertiary/aromatic N) is 4. The Morgan fingerprint density at radius 1 is 1.21 bits per heavy atom. The number of hydrogen-bond acceptors (Lipinski definition) is 6. The molecular formula is C16H30N4O3S. The summed E-state index contributed by atoms with van der Waals surface area (Å²) in [4.78, 5) is 4.80. The van der Waals surface area contributed by atoms with E-state index >= 15 is 0 Å². The van der Waals surface area contributed by atoms with E-state index in [1.807, 2.05) is 0 Å². The third-order valence-corrected chi connectivity index (χ3v) is 6.73. The van der Waals surface area contributed by atoms with Gasteiger partial charge in [0.2, 0.25) is 10.0 Å². The molecule has 0 aliphatic carbocycles. The van der Waals surface area contributed by atoms with Crippen molar-refractivity contribution in [3.63, 3.8) is 0 Å². The van der Waals surface area contributed by atoms with Crippen LogP contribution in [0.2, 0.25) is 0 Å². The van der Waals surface area contributed by atoms with Crippen molar-refractivity contribution in [3.05, 3.63) is 11.5 Å². The number of sulfonamides is 1. The van der Waals surface area contributed by atoms with Crippen LogP contribution in [0.3, 0.4) is 0 Å². The Morgan fingerprint density at radius 3 is 2.25 bits per heavy atom. The second-order valence-electron chi connectivity index (χ2n) is 7.07. The lowest BCUT2D eigenvalue weighted by molar-refractivity contribution is 0.0740. The zero-order valence-corrected chi connectivity index (χ0v) is 16.4. The van der Waals surface area contributed by atoms with Crippen LogP contribution < -0.4 is 0 Å². The summed E-state index contributed by atoms with van der Waals surface area (Å²) in [5.74, 6) is 0.362. The average molecular weight is 359 g/mol. The Labute approximate surface area is 145 Å². The number of rotatable bonds is 6. The normalized spacial score (nSPS) is 24.0. The van der Waals surface area contributed by atoms with Crippen molar-refractivity contribution in [2.45, 2.75) is 51.1 Å². The highest BCUT2D eigenvalue weighted by Crippen LogP contribution is 2.27. The molecule has 138 valence electrons. The molecule has 2 rings (SSSR count). The maximum atomic E-state index is 13.0. The molecule has 0 amide bonds. The lowest BCUT2D eigenvalue weighted by Gasteiger charge is -2.43. The smallest absolute Gasteiger partial charge is 0.248 e. The molecule has 2 heterocycles. The Morgan fingerprint density at radius 2 is 1.79 bits per heavy atom. The summed E-state index contributed by atoms with van der Waals surface area (Å²) in [5.41, 5.74) is 0.432. The summed E-state index contributed by atoms with van der Waals surface area (Å²) in [6, 6.07) is 0.373. The highest BCUT2D eigenvalue weighted by Gasteiger charge is 2.38. The Hall–Kier alpha value is -0.960. The van der Waals surface area contributed by atoms with Crippen molar-refractivity contribution in [1.29, 1.82) is 0 Å².